The van der Waals surface area contributed by atoms with E-state index in [2.05, 4.69) is 10.6 Å². The van der Waals surface area contributed by atoms with Crippen molar-refractivity contribution < 1.29 is 24.4 Å². The van der Waals surface area contributed by atoms with Gasteiger partial charge >= 0.3 is 5.97 Å². The summed E-state index contributed by atoms with van der Waals surface area (Å²) in [4.78, 5) is 46.7. The lowest BCUT2D eigenvalue weighted by Gasteiger charge is -2.21. The second-order valence-electron chi connectivity index (χ2n) is 6.57. The Morgan fingerprint density at radius 1 is 1.07 bits per heavy atom. The first kappa shape index (κ1) is 21.5. The Morgan fingerprint density at radius 3 is 2.34 bits per heavy atom. The van der Waals surface area contributed by atoms with E-state index >= 15 is 0 Å². The number of nitro groups is 1. The van der Waals surface area contributed by atoms with Gasteiger partial charge in [-0.1, -0.05) is 24.3 Å². The van der Waals surface area contributed by atoms with Crippen LogP contribution in [-0.4, -0.2) is 33.9 Å². The van der Waals surface area contributed by atoms with Gasteiger partial charge in [-0.2, -0.15) is 0 Å². The molecule has 2 aromatic carbocycles. The third-order valence-electron chi connectivity index (χ3n) is 4.55. The fraction of sp³-hybridized carbons (Fsp3) is 0.250. The fourth-order valence-electron chi connectivity index (χ4n) is 2.73. The monoisotopic (exact) mass is 399 g/mol. The third-order valence-corrected chi connectivity index (χ3v) is 4.55. The average molecular weight is 399 g/mol. The normalized spacial score (nSPS) is 12.5. The van der Waals surface area contributed by atoms with Crippen molar-refractivity contribution in [2.24, 2.45) is 0 Å². The van der Waals surface area contributed by atoms with Gasteiger partial charge in [0.25, 0.3) is 11.6 Å². The van der Waals surface area contributed by atoms with Gasteiger partial charge in [-0.25, -0.2) is 4.79 Å². The second kappa shape index (κ2) is 8.96. The van der Waals surface area contributed by atoms with Gasteiger partial charge in [-0.05, 0) is 43.5 Å². The zero-order valence-electron chi connectivity index (χ0n) is 16.1. The Balaban J connectivity index is 2.13. The van der Waals surface area contributed by atoms with Crippen molar-refractivity contribution in [1.29, 1.82) is 0 Å². The number of non-ortho nitro benzene ring substituents is 1. The predicted molar refractivity (Wildman–Crippen MR) is 104 cm³/mol. The van der Waals surface area contributed by atoms with Crippen LogP contribution in [0.2, 0.25) is 0 Å². The van der Waals surface area contributed by atoms with Crippen molar-refractivity contribution in [3.05, 3.63) is 74.8 Å². The molecule has 0 aliphatic rings. The number of rotatable bonds is 7. The highest BCUT2D eigenvalue weighted by Gasteiger charge is 2.27. The molecule has 0 spiro atoms. The Labute approximate surface area is 166 Å². The maximum Gasteiger partial charge on any atom is 0.330 e. The summed E-state index contributed by atoms with van der Waals surface area (Å²) in [6.07, 6.45) is 0. The van der Waals surface area contributed by atoms with E-state index in [1.54, 1.807) is 19.1 Å². The van der Waals surface area contributed by atoms with Crippen LogP contribution < -0.4 is 10.6 Å². The van der Waals surface area contributed by atoms with Crippen LogP contribution in [0.1, 0.15) is 40.0 Å². The number of carboxylic acid groups (broad SMARTS) is 1. The van der Waals surface area contributed by atoms with Crippen LogP contribution in [0.5, 0.6) is 0 Å². The number of hydrogen-bond donors (Lipinski definition) is 3. The van der Waals surface area contributed by atoms with Crippen LogP contribution in [0, 0.1) is 24.0 Å². The number of carbonyl (C=O) groups is 3. The molecule has 3 N–H and O–H groups in total. The molecule has 152 valence electrons. The van der Waals surface area contributed by atoms with E-state index in [1.165, 1.54) is 25.1 Å². The van der Waals surface area contributed by atoms with E-state index < -0.39 is 34.8 Å². The molecule has 2 atom stereocenters. The van der Waals surface area contributed by atoms with E-state index in [9.17, 15) is 29.6 Å². The van der Waals surface area contributed by atoms with Crippen molar-refractivity contribution in [1.82, 2.24) is 10.6 Å². The van der Waals surface area contributed by atoms with Crippen molar-refractivity contribution in [3.8, 4) is 0 Å². The molecule has 2 unspecified atom stereocenters. The Bertz CT molecular complexity index is 972. The van der Waals surface area contributed by atoms with Crippen LogP contribution >= 0.6 is 0 Å². The standard InChI is InChI=1S/C20H21N3O6/c1-11-6-4-9-16(12(11)2)17(20(26)27)22-18(24)13(3)21-19(25)14-7-5-8-15(10-14)23(28)29/h4-10,13,17H,1-3H3,(H,21,25)(H,22,24)(H,26,27). The minimum atomic E-state index is -1.28. The topological polar surface area (TPSA) is 139 Å². The molecule has 0 radical (unpaired) electrons. The molecule has 9 heteroatoms. The molecule has 2 aromatic rings. The van der Waals surface area contributed by atoms with Crippen LogP contribution in [0.25, 0.3) is 0 Å². The molecule has 0 aromatic heterocycles. The lowest BCUT2D eigenvalue weighted by Crippen LogP contribution is -2.47. The fourth-order valence-corrected chi connectivity index (χ4v) is 2.73. The first-order valence-corrected chi connectivity index (χ1v) is 8.76. The van der Waals surface area contributed by atoms with Crippen molar-refractivity contribution >= 4 is 23.5 Å². The summed E-state index contributed by atoms with van der Waals surface area (Å²) in [6, 6.07) is 7.89. The molecule has 0 bridgehead atoms. The summed E-state index contributed by atoms with van der Waals surface area (Å²) < 4.78 is 0. The number of carbonyl (C=O) groups excluding carboxylic acids is 2. The van der Waals surface area contributed by atoms with Crippen LogP contribution in [-0.2, 0) is 9.59 Å². The zero-order valence-corrected chi connectivity index (χ0v) is 16.1. The lowest BCUT2D eigenvalue weighted by molar-refractivity contribution is -0.384. The highest BCUT2D eigenvalue weighted by atomic mass is 16.6. The first-order valence-electron chi connectivity index (χ1n) is 8.76. The number of nitrogens with zero attached hydrogens (tertiary/aromatic N) is 1. The molecule has 2 amide bonds. The Hall–Kier alpha value is -3.75. The first-order chi connectivity index (χ1) is 13.6. The summed E-state index contributed by atoms with van der Waals surface area (Å²) in [7, 11) is 0. The maximum absolute atomic E-state index is 12.5. The molecule has 0 heterocycles. The number of benzene rings is 2. The minimum Gasteiger partial charge on any atom is -0.479 e. The number of hydrogen-bond acceptors (Lipinski definition) is 5. The quantitative estimate of drug-likeness (QED) is 0.482. The van der Waals surface area contributed by atoms with E-state index in [0.29, 0.717) is 5.56 Å². The Kier molecular flexibility index (Phi) is 6.66. The summed E-state index contributed by atoms with van der Waals surface area (Å²) in [5.41, 5.74) is 1.84. The van der Waals surface area contributed by atoms with Crippen LogP contribution in [0.4, 0.5) is 5.69 Å². The van der Waals surface area contributed by atoms with Crippen LogP contribution in [0.3, 0.4) is 0 Å². The summed E-state index contributed by atoms with van der Waals surface area (Å²) in [6.45, 7) is 4.99. The second-order valence-corrected chi connectivity index (χ2v) is 6.57. The van der Waals surface area contributed by atoms with Gasteiger partial charge in [0.15, 0.2) is 6.04 Å². The van der Waals surface area contributed by atoms with Gasteiger partial charge in [0.1, 0.15) is 6.04 Å². The van der Waals surface area contributed by atoms with E-state index in [4.69, 9.17) is 0 Å². The van der Waals surface area contributed by atoms with Crippen molar-refractivity contribution in [3.63, 3.8) is 0 Å². The number of aliphatic carboxylic acids is 1. The number of aryl methyl sites for hydroxylation is 1. The third kappa shape index (κ3) is 5.16. The maximum atomic E-state index is 12.5. The number of amides is 2. The highest BCUT2D eigenvalue weighted by Crippen LogP contribution is 2.21. The predicted octanol–water partition coefficient (Wildman–Crippen LogP) is 2.27. The van der Waals surface area contributed by atoms with E-state index in [1.807, 2.05) is 13.0 Å². The number of carboxylic acids is 1. The smallest absolute Gasteiger partial charge is 0.330 e. The van der Waals surface area contributed by atoms with Gasteiger partial charge in [-0.3, -0.25) is 19.7 Å². The molecule has 9 nitrogen and oxygen atoms in total. The summed E-state index contributed by atoms with van der Waals surface area (Å²) in [5, 5.41) is 25.2. The molecule has 0 saturated heterocycles. The largest absolute Gasteiger partial charge is 0.479 e. The van der Waals surface area contributed by atoms with Gasteiger partial charge in [-0.15, -0.1) is 0 Å². The van der Waals surface area contributed by atoms with Gasteiger partial charge < -0.3 is 15.7 Å². The van der Waals surface area contributed by atoms with Gasteiger partial charge in [0.05, 0.1) is 4.92 Å². The van der Waals surface area contributed by atoms with Crippen molar-refractivity contribution in [2.75, 3.05) is 0 Å². The molecule has 0 saturated carbocycles. The van der Waals surface area contributed by atoms with Gasteiger partial charge in [0, 0.05) is 17.7 Å². The van der Waals surface area contributed by atoms with Crippen molar-refractivity contribution in [2.45, 2.75) is 32.9 Å². The minimum absolute atomic E-state index is 0.0168. The lowest BCUT2D eigenvalue weighted by atomic mass is 9.97. The van der Waals surface area contributed by atoms with E-state index in [-0.39, 0.29) is 11.3 Å². The van der Waals surface area contributed by atoms with Crippen LogP contribution in [0.15, 0.2) is 42.5 Å². The molecule has 0 fully saturated rings. The highest BCUT2D eigenvalue weighted by molar-refractivity contribution is 5.98. The summed E-state index contributed by atoms with van der Waals surface area (Å²) >= 11 is 0. The zero-order chi connectivity index (χ0) is 21.7. The van der Waals surface area contributed by atoms with Gasteiger partial charge in [0.2, 0.25) is 5.91 Å². The SMILES string of the molecule is Cc1cccc(C(NC(=O)C(C)NC(=O)c2cccc([N+](=O)[O-])c2)C(=O)O)c1C. The Morgan fingerprint density at radius 2 is 1.72 bits per heavy atom. The number of nitrogens with one attached hydrogen (secondary N) is 2. The molecule has 0 aliphatic heterocycles. The molecule has 2 rings (SSSR count). The molecule has 29 heavy (non-hydrogen) atoms. The number of nitro benzene ring substituents is 1. The summed E-state index contributed by atoms with van der Waals surface area (Å²) in [5.74, 6) is -2.61. The average Bonchev–Trinajstić information content (AvgIpc) is 2.68. The molecule has 0 aliphatic carbocycles. The van der Waals surface area contributed by atoms with E-state index in [0.717, 1.165) is 17.2 Å². The molecular formula is C20H21N3O6. The molecular weight excluding hydrogens is 378 g/mol.